The Labute approximate surface area is 159 Å². The van der Waals surface area contributed by atoms with Crippen molar-refractivity contribution in [3.63, 3.8) is 0 Å². The Morgan fingerprint density at radius 3 is 2.30 bits per heavy atom. The van der Waals surface area contributed by atoms with Crippen LogP contribution in [-0.4, -0.2) is 35.8 Å². The Balaban J connectivity index is 1.53. The average molecular weight is 368 g/mol. The number of amides is 2. The molecule has 4 nitrogen and oxygen atoms in total. The van der Waals surface area contributed by atoms with Crippen molar-refractivity contribution in [3.8, 4) is 0 Å². The van der Waals surface area contributed by atoms with Gasteiger partial charge in [0, 0.05) is 30.3 Å². The molecule has 1 fully saturated rings. The van der Waals surface area contributed by atoms with Crippen molar-refractivity contribution in [1.82, 2.24) is 10.2 Å². The van der Waals surface area contributed by atoms with Crippen molar-refractivity contribution in [2.75, 3.05) is 13.1 Å². The highest BCUT2D eigenvalue weighted by Gasteiger charge is 2.25. The zero-order valence-corrected chi connectivity index (χ0v) is 15.7. The third-order valence-electron chi connectivity index (χ3n) is 5.03. The summed E-state index contributed by atoms with van der Waals surface area (Å²) in [6.45, 7) is 5.33. The van der Waals surface area contributed by atoms with E-state index in [0.717, 1.165) is 0 Å². The molecule has 1 saturated heterocycles. The van der Waals surface area contributed by atoms with Gasteiger partial charge in [-0.1, -0.05) is 32.0 Å². The number of carbonyl (C=O) groups excluding carboxylic acids is 2. The Morgan fingerprint density at radius 2 is 1.70 bits per heavy atom. The minimum Gasteiger partial charge on any atom is -0.349 e. The third kappa shape index (κ3) is 4.73. The van der Waals surface area contributed by atoms with Gasteiger partial charge in [-0.3, -0.25) is 9.59 Å². The molecule has 0 aliphatic carbocycles. The van der Waals surface area contributed by atoms with Crippen LogP contribution in [0.3, 0.4) is 0 Å². The Morgan fingerprint density at radius 1 is 1.04 bits per heavy atom. The van der Waals surface area contributed by atoms with Gasteiger partial charge in [-0.15, -0.1) is 0 Å². The highest BCUT2D eigenvalue weighted by Crippen LogP contribution is 2.17. The Kier molecular flexibility index (Phi) is 5.89. The van der Waals surface area contributed by atoms with Crippen LogP contribution in [0.1, 0.15) is 58.9 Å². The third-order valence-corrected chi connectivity index (χ3v) is 5.03. The van der Waals surface area contributed by atoms with Gasteiger partial charge >= 0.3 is 0 Å². The van der Waals surface area contributed by atoms with E-state index in [4.69, 9.17) is 0 Å². The minimum atomic E-state index is -0.411. The first-order chi connectivity index (χ1) is 12.9. The largest absolute Gasteiger partial charge is 0.349 e. The fraction of sp³-hybridized carbons (Fsp3) is 0.364. The van der Waals surface area contributed by atoms with Crippen molar-refractivity contribution in [2.45, 2.75) is 38.6 Å². The smallest absolute Gasteiger partial charge is 0.253 e. The highest BCUT2D eigenvalue weighted by atomic mass is 19.1. The van der Waals surface area contributed by atoms with E-state index in [9.17, 15) is 14.0 Å². The zero-order chi connectivity index (χ0) is 19.4. The van der Waals surface area contributed by atoms with E-state index in [0.29, 0.717) is 43.0 Å². The molecule has 0 atom stereocenters. The number of likely N-dealkylation sites (tertiary alicyclic amines) is 1. The molecule has 1 N–H and O–H groups in total. The normalized spacial score (nSPS) is 15.0. The van der Waals surface area contributed by atoms with E-state index < -0.39 is 5.82 Å². The van der Waals surface area contributed by atoms with Crippen LogP contribution in [0.2, 0.25) is 0 Å². The molecule has 0 aromatic heterocycles. The summed E-state index contributed by atoms with van der Waals surface area (Å²) in [4.78, 5) is 26.6. The molecule has 1 aliphatic heterocycles. The van der Waals surface area contributed by atoms with E-state index in [2.05, 4.69) is 19.2 Å². The number of hydrogen-bond acceptors (Lipinski definition) is 2. The number of halogens is 1. The van der Waals surface area contributed by atoms with E-state index in [1.807, 2.05) is 24.3 Å². The van der Waals surface area contributed by atoms with Gasteiger partial charge in [0.15, 0.2) is 0 Å². The molecule has 0 bridgehead atoms. The second kappa shape index (κ2) is 8.33. The quantitative estimate of drug-likeness (QED) is 0.887. The molecule has 2 amide bonds. The molecule has 1 aliphatic rings. The van der Waals surface area contributed by atoms with Crippen LogP contribution in [0.25, 0.3) is 0 Å². The number of nitrogens with one attached hydrogen (secondary N) is 1. The molecule has 0 radical (unpaired) electrons. The number of nitrogens with zero attached hydrogens (tertiary/aromatic N) is 1. The Bertz CT molecular complexity index is 809. The summed E-state index contributed by atoms with van der Waals surface area (Å²) in [6.07, 6.45) is 1.38. The van der Waals surface area contributed by atoms with E-state index >= 15 is 0 Å². The van der Waals surface area contributed by atoms with Gasteiger partial charge in [0.05, 0.1) is 0 Å². The average Bonchev–Trinajstić information content (AvgIpc) is 2.68. The lowest BCUT2D eigenvalue weighted by atomic mass is 10.0. The Hall–Kier alpha value is -2.69. The van der Waals surface area contributed by atoms with E-state index in [1.54, 1.807) is 17.0 Å². The van der Waals surface area contributed by atoms with Crippen molar-refractivity contribution in [3.05, 3.63) is 71.0 Å². The van der Waals surface area contributed by atoms with Crippen molar-refractivity contribution < 1.29 is 14.0 Å². The summed E-state index contributed by atoms with van der Waals surface area (Å²) in [5, 5.41) is 3.06. The first-order valence-corrected chi connectivity index (χ1v) is 9.39. The number of hydrogen-bond donors (Lipinski definition) is 1. The highest BCUT2D eigenvalue weighted by molar-refractivity contribution is 5.95. The molecular weight excluding hydrogens is 343 g/mol. The molecule has 0 unspecified atom stereocenters. The minimum absolute atomic E-state index is 0.0406. The standard InChI is InChI=1S/C22H25FN2O2/c1-15(2)16-6-8-17(9-7-16)21(26)24-20-10-12-25(13-11-20)22(27)18-4-3-5-19(23)14-18/h3-9,14-15,20H,10-13H2,1-2H3,(H,24,26). The topological polar surface area (TPSA) is 49.4 Å². The van der Waals surface area contributed by atoms with E-state index in [-0.39, 0.29) is 17.9 Å². The predicted molar refractivity (Wildman–Crippen MR) is 103 cm³/mol. The maximum Gasteiger partial charge on any atom is 0.253 e. The lowest BCUT2D eigenvalue weighted by Crippen LogP contribution is -2.46. The van der Waals surface area contributed by atoms with E-state index in [1.165, 1.54) is 17.7 Å². The van der Waals surface area contributed by atoms with Gasteiger partial charge < -0.3 is 10.2 Å². The summed E-state index contributed by atoms with van der Waals surface area (Å²) in [5.41, 5.74) is 2.22. The number of piperidine rings is 1. The zero-order valence-electron chi connectivity index (χ0n) is 15.7. The van der Waals surface area contributed by atoms with Crippen LogP contribution in [0, 0.1) is 5.82 Å². The van der Waals surface area contributed by atoms with Gasteiger partial charge in [-0.2, -0.15) is 0 Å². The summed E-state index contributed by atoms with van der Waals surface area (Å²) in [7, 11) is 0. The van der Waals surface area contributed by atoms with Crippen LogP contribution in [0.4, 0.5) is 4.39 Å². The molecule has 3 rings (SSSR count). The lowest BCUT2D eigenvalue weighted by Gasteiger charge is -2.32. The van der Waals surface area contributed by atoms with Crippen LogP contribution < -0.4 is 5.32 Å². The van der Waals surface area contributed by atoms with Gasteiger partial charge in [0.2, 0.25) is 0 Å². The molecule has 2 aromatic carbocycles. The number of carbonyl (C=O) groups is 2. The van der Waals surface area contributed by atoms with Crippen LogP contribution in [-0.2, 0) is 0 Å². The maximum absolute atomic E-state index is 13.3. The van der Waals surface area contributed by atoms with Crippen LogP contribution in [0.15, 0.2) is 48.5 Å². The van der Waals surface area contributed by atoms with Crippen LogP contribution >= 0.6 is 0 Å². The molecule has 0 saturated carbocycles. The summed E-state index contributed by atoms with van der Waals surface area (Å²) < 4.78 is 13.3. The first-order valence-electron chi connectivity index (χ1n) is 9.39. The van der Waals surface area contributed by atoms with Crippen molar-refractivity contribution >= 4 is 11.8 Å². The maximum atomic E-state index is 13.3. The van der Waals surface area contributed by atoms with Gasteiger partial charge in [-0.25, -0.2) is 4.39 Å². The molecule has 1 heterocycles. The summed E-state index contributed by atoms with van der Waals surface area (Å²) in [6, 6.07) is 13.5. The van der Waals surface area contributed by atoms with Gasteiger partial charge in [0.1, 0.15) is 5.82 Å². The fourth-order valence-corrected chi connectivity index (χ4v) is 3.32. The molecule has 0 spiro atoms. The monoisotopic (exact) mass is 368 g/mol. The fourth-order valence-electron chi connectivity index (χ4n) is 3.32. The van der Waals surface area contributed by atoms with Gasteiger partial charge in [0.25, 0.3) is 11.8 Å². The summed E-state index contributed by atoms with van der Waals surface area (Å²) >= 11 is 0. The molecule has 2 aromatic rings. The summed E-state index contributed by atoms with van der Waals surface area (Å²) in [5.74, 6) is -0.225. The molecular formula is C22H25FN2O2. The first kappa shape index (κ1) is 19.1. The second-order valence-electron chi connectivity index (χ2n) is 7.33. The van der Waals surface area contributed by atoms with Crippen LogP contribution in [0.5, 0.6) is 0 Å². The second-order valence-corrected chi connectivity index (χ2v) is 7.33. The molecule has 142 valence electrons. The van der Waals surface area contributed by atoms with Gasteiger partial charge in [-0.05, 0) is 54.7 Å². The molecule has 5 heteroatoms. The lowest BCUT2D eigenvalue weighted by molar-refractivity contribution is 0.0697. The van der Waals surface area contributed by atoms with Crippen molar-refractivity contribution in [1.29, 1.82) is 0 Å². The van der Waals surface area contributed by atoms with Crippen molar-refractivity contribution in [2.24, 2.45) is 0 Å². The molecule has 27 heavy (non-hydrogen) atoms. The SMILES string of the molecule is CC(C)c1ccc(C(=O)NC2CCN(C(=O)c3cccc(F)c3)CC2)cc1. The number of rotatable bonds is 4. The number of benzene rings is 2. The predicted octanol–water partition coefficient (Wildman–Crippen LogP) is 3.98.